The summed E-state index contributed by atoms with van der Waals surface area (Å²) in [6.07, 6.45) is 5.50. The number of para-hydroxylation sites is 2. The Kier molecular flexibility index (Phi) is 4.73. The summed E-state index contributed by atoms with van der Waals surface area (Å²) in [5, 5.41) is 0.751. The fraction of sp³-hybridized carbons (Fsp3) is 0.529. The van der Waals surface area contributed by atoms with Crippen molar-refractivity contribution in [2.24, 2.45) is 5.92 Å². The molecule has 3 nitrogen and oxygen atoms in total. The Morgan fingerprint density at radius 2 is 1.81 bits per heavy atom. The average molecular weight is 348 g/mol. The zero-order valence-electron chi connectivity index (χ0n) is 12.6. The molecule has 0 radical (unpaired) electrons. The van der Waals surface area contributed by atoms with Crippen molar-refractivity contribution in [1.29, 1.82) is 0 Å². The quantitative estimate of drug-likeness (QED) is 0.743. The van der Waals surface area contributed by atoms with Crippen LogP contribution in [0.2, 0.25) is 0 Å². The number of aromatic nitrogens is 2. The van der Waals surface area contributed by atoms with Gasteiger partial charge in [-0.1, -0.05) is 40.9 Å². The van der Waals surface area contributed by atoms with Crippen molar-refractivity contribution in [2.75, 3.05) is 18.0 Å². The molecule has 112 valence electrons. The Morgan fingerprint density at radius 3 is 2.43 bits per heavy atom. The van der Waals surface area contributed by atoms with Crippen LogP contribution in [0, 0.1) is 5.92 Å². The molecule has 1 aliphatic carbocycles. The maximum atomic E-state index is 4.89. The summed E-state index contributed by atoms with van der Waals surface area (Å²) in [7, 11) is 0. The van der Waals surface area contributed by atoms with E-state index in [0.29, 0.717) is 0 Å². The monoisotopic (exact) mass is 347 g/mol. The van der Waals surface area contributed by atoms with Gasteiger partial charge in [0.05, 0.1) is 16.7 Å². The molecule has 0 amide bonds. The molecule has 1 aromatic heterocycles. The second-order valence-corrected chi connectivity index (χ2v) is 6.37. The molecule has 3 rings (SSSR count). The van der Waals surface area contributed by atoms with Gasteiger partial charge in [-0.05, 0) is 37.8 Å². The van der Waals surface area contributed by atoms with Crippen molar-refractivity contribution in [1.82, 2.24) is 9.97 Å². The molecule has 1 aromatic carbocycles. The number of fused-ring (bicyclic) bond motifs is 1. The summed E-state index contributed by atoms with van der Waals surface area (Å²) >= 11 is 3.58. The molecule has 21 heavy (non-hydrogen) atoms. The minimum absolute atomic E-state index is 0.751. The molecule has 1 aliphatic rings. The van der Waals surface area contributed by atoms with Crippen LogP contribution in [0.1, 0.15) is 38.3 Å². The highest BCUT2D eigenvalue weighted by Crippen LogP contribution is 2.29. The van der Waals surface area contributed by atoms with E-state index in [9.17, 15) is 0 Å². The smallest absolute Gasteiger partial charge is 0.151 e. The molecule has 0 spiro atoms. The van der Waals surface area contributed by atoms with Crippen LogP contribution >= 0.6 is 15.9 Å². The van der Waals surface area contributed by atoms with Crippen LogP contribution in [-0.2, 0) is 5.33 Å². The lowest BCUT2D eigenvalue weighted by atomic mass is 10.1. The summed E-state index contributed by atoms with van der Waals surface area (Å²) in [6, 6.07) is 8.13. The molecular weight excluding hydrogens is 326 g/mol. The lowest BCUT2D eigenvalue weighted by Crippen LogP contribution is -2.30. The predicted octanol–water partition coefficient (Wildman–Crippen LogP) is 4.54. The van der Waals surface area contributed by atoms with E-state index in [1.165, 1.54) is 25.7 Å². The predicted molar refractivity (Wildman–Crippen MR) is 92.0 cm³/mol. The van der Waals surface area contributed by atoms with E-state index in [1.807, 2.05) is 24.3 Å². The number of anilines is 1. The van der Waals surface area contributed by atoms with E-state index in [-0.39, 0.29) is 0 Å². The molecule has 1 heterocycles. The topological polar surface area (TPSA) is 29.0 Å². The van der Waals surface area contributed by atoms with Crippen molar-refractivity contribution in [3.8, 4) is 0 Å². The molecule has 0 bridgehead atoms. The van der Waals surface area contributed by atoms with Gasteiger partial charge in [0, 0.05) is 18.4 Å². The van der Waals surface area contributed by atoms with E-state index in [0.717, 1.165) is 46.9 Å². The van der Waals surface area contributed by atoms with Crippen LogP contribution in [0.15, 0.2) is 24.3 Å². The van der Waals surface area contributed by atoms with E-state index in [1.54, 1.807) is 0 Å². The zero-order chi connectivity index (χ0) is 14.7. The van der Waals surface area contributed by atoms with Gasteiger partial charge in [0.1, 0.15) is 0 Å². The normalized spacial score (nSPS) is 15.7. The highest BCUT2D eigenvalue weighted by atomic mass is 79.9. The first-order valence-electron chi connectivity index (χ1n) is 7.88. The van der Waals surface area contributed by atoms with Gasteiger partial charge in [0.2, 0.25) is 0 Å². The Hall–Kier alpha value is -1.16. The summed E-state index contributed by atoms with van der Waals surface area (Å²) in [6.45, 7) is 4.32. The van der Waals surface area contributed by atoms with Gasteiger partial charge in [-0.15, -0.1) is 0 Å². The molecular formula is C17H22BrN3. The molecule has 0 atom stereocenters. The standard InChI is InChI=1S/C17H22BrN3/c1-2-21(12-13-7-3-4-8-13)17-16(11-18)19-14-9-5-6-10-15(14)20-17/h5-6,9-10,13H,2-4,7-8,11-12H2,1H3. The van der Waals surface area contributed by atoms with Gasteiger partial charge in [-0.25, -0.2) is 9.97 Å². The SMILES string of the molecule is CCN(CC1CCCC1)c1nc2ccccc2nc1CBr. The fourth-order valence-corrected chi connectivity index (χ4v) is 3.62. The van der Waals surface area contributed by atoms with Crippen molar-refractivity contribution >= 4 is 32.8 Å². The van der Waals surface area contributed by atoms with Gasteiger partial charge in [-0.2, -0.15) is 0 Å². The maximum absolute atomic E-state index is 4.89. The lowest BCUT2D eigenvalue weighted by molar-refractivity contribution is 0.533. The van der Waals surface area contributed by atoms with Crippen molar-refractivity contribution < 1.29 is 0 Å². The Morgan fingerprint density at radius 1 is 1.14 bits per heavy atom. The van der Waals surface area contributed by atoms with Gasteiger partial charge in [0.15, 0.2) is 5.82 Å². The van der Waals surface area contributed by atoms with E-state index in [2.05, 4.69) is 27.8 Å². The van der Waals surface area contributed by atoms with Gasteiger partial charge in [-0.3, -0.25) is 0 Å². The van der Waals surface area contributed by atoms with Gasteiger partial charge < -0.3 is 4.90 Å². The molecule has 1 fully saturated rings. The minimum atomic E-state index is 0.751. The number of hydrogen-bond donors (Lipinski definition) is 0. The van der Waals surface area contributed by atoms with Crippen LogP contribution < -0.4 is 4.90 Å². The van der Waals surface area contributed by atoms with Crippen molar-refractivity contribution in [2.45, 2.75) is 37.9 Å². The summed E-state index contributed by atoms with van der Waals surface area (Å²) in [5.74, 6) is 1.88. The third-order valence-electron chi connectivity index (χ3n) is 4.38. The van der Waals surface area contributed by atoms with E-state index >= 15 is 0 Å². The van der Waals surface area contributed by atoms with E-state index < -0.39 is 0 Å². The average Bonchev–Trinajstić information content (AvgIpc) is 3.04. The summed E-state index contributed by atoms with van der Waals surface area (Å²) < 4.78 is 0. The summed E-state index contributed by atoms with van der Waals surface area (Å²) in [5.41, 5.74) is 3.02. The molecule has 4 heteroatoms. The fourth-order valence-electron chi connectivity index (χ4n) is 3.24. The Balaban J connectivity index is 1.95. The highest BCUT2D eigenvalue weighted by molar-refractivity contribution is 9.08. The first kappa shape index (κ1) is 14.8. The number of hydrogen-bond acceptors (Lipinski definition) is 3. The molecule has 0 N–H and O–H groups in total. The van der Waals surface area contributed by atoms with Gasteiger partial charge >= 0.3 is 0 Å². The highest BCUT2D eigenvalue weighted by Gasteiger charge is 2.21. The maximum Gasteiger partial charge on any atom is 0.151 e. The second-order valence-electron chi connectivity index (χ2n) is 5.81. The second kappa shape index (κ2) is 6.73. The summed E-state index contributed by atoms with van der Waals surface area (Å²) in [4.78, 5) is 12.1. The van der Waals surface area contributed by atoms with E-state index in [4.69, 9.17) is 9.97 Å². The van der Waals surface area contributed by atoms with Crippen LogP contribution in [0.5, 0.6) is 0 Å². The lowest BCUT2D eigenvalue weighted by Gasteiger charge is -2.27. The first-order valence-corrected chi connectivity index (χ1v) is 9.00. The number of nitrogens with zero attached hydrogens (tertiary/aromatic N) is 3. The molecule has 0 saturated heterocycles. The Labute approximate surface area is 134 Å². The third kappa shape index (κ3) is 3.20. The molecule has 0 unspecified atom stereocenters. The van der Waals surface area contributed by atoms with Crippen LogP contribution in [0.25, 0.3) is 11.0 Å². The van der Waals surface area contributed by atoms with Gasteiger partial charge in [0.25, 0.3) is 0 Å². The number of benzene rings is 1. The van der Waals surface area contributed by atoms with Crippen LogP contribution in [-0.4, -0.2) is 23.1 Å². The molecule has 0 aliphatic heterocycles. The van der Waals surface area contributed by atoms with Crippen LogP contribution in [0.4, 0.5) is 5.82 Å². The zero-order valence-corrected chi connectivity index (χ0v) is 14.1. The van der Waals surface area contributed by atoms with Crippen molar-refractivity contribution in [3.05, 3.63) is 30.0 Å². The number of alkyl halides is 1. The largest absolute Gasteiger partial charge is 0.355 e. The van der Waals surface area contributed by atoms with Crippen molar-refractivity contribution in [3.63, 3.8) is 0 Å². The first-order chi connectivity index (χ1) is 10.3. The minimum Gasteiger partial charge on any atom is -0.355 e. The molecule has 1 saturated carbocycles. The van der Waals surface area contributed by atoms with Crippen LogP contribution in [0.3, 0.4) is 0 Å². The molecule has 2 aromatic rings. The number of halogens is 1. The Bertz CT molecular complexity index is 608. The number of rotatable bonds is 5. The third-order valence-corrected chi connectivity index (χ3v) is 4.91.